The average Bonchev–Trinajstić information content (AvgIpc) is 3.17. The molecule has 0 aliphatic rings. The van der Waals surface area contributed by atoms with Gasteiger partial charge in [0.15, 0.2) is 11.5 Å². The number of aryl methyl sites for hydroxylation is 1. The molecule has 1 aromatic heterocycles. The van der Waals surface area contributed by atoms with Crippen LogP contribution in [0.5, 0.6) is 11.5 Å². The van der Waals surface area contributed by atoms with Crippen molar-refractivity contribution in [3.63, 3.8) is 0 Å². The van der Waals surface area contributed by atoms with E-state index in [2.05, 4.69) is 41.9 Å². The van der Waals surface area contributed by atoms with Crippen LogP contribution in [0.15, 0.2) is 42.5 Å². The highest BCUT2D eigenvalue weighted by Crippen LogP contribution is 2.27. The average molecular weight is 438 g/mol. The fraction of sp³-hybridized carbons (Fsp3) is 0.462. The molecule has 1 unspecified atom stereocenters. The summed E-state index contributed by atoms with van der Waals surface area (Å²) < 4.78 is 12.9. The van der Waals surface area contributed by atoms with Gasteiger partial charge in [0.25, 0.3) is 5.91 Å². The van der Waals surface area contributed by atoms with Gasteiger partial charge < -0.3 is 19.4 Å². The van der Waals surface area contributed by atoms with Gasteiger partial charge >= 0.3 is 0 Å². The van der Waals surface area contributed by atoms with Gasteiger partial charge in [-0.2, -0.15) is 0 Å². The summed E-state index contributed by atoms with van der Waals surface area (Å²) in [4.78, 5) is 17.3. The van der Waals surface area contributed by atoms with Crippen molar-refractivity contribution in [2.75, 3.05) is 20.8 Å². The second kappa shape index (κ2) is 11.6. The number of nitrogens with one attached hydrogen (secondary N) is 1. The first-order valence-electron chi connectivity index (χ1n) is 11.5. The van der Waals surface area contributed by atoms with E-state index >= 15 is 0 Å². The van der Waals surface area contributed by atoms with E-state index in [1.165, 1.54) is 11.3 Å². The number of methoxy groups -OCH3 is 2. The summed E-state index contributed by atoms with van der Waals surface area (Å²) in [6.45, 7) is 6.18. The lowest BCUT2D eigenvalue weighted by molar-refractivity contribution is 0.0952. The fourth-order valence-corrected chi connectivity index (χ4v) is 3.83. The van der Waals surface area contributed by atoms with Crippen molar-refractivity contribution in [2.45, 2.75) is 52.5 Å². The van der Waals surface area contributed by atoms with Gasteiger partial charge in [-0.15, -0.1) is 0 Å². The molecule has 0 aliphatic carbocycles. The Morgan fingerprint density at radius 1 is 1.06 bits per heavy atom. The van der Waals surface area contributed by atoms with Crippen LogP contribution in [0.1, 0.15) is 55.7 Å². The minimum atomic E-state index is -0.0960. The molecule has 0 saturated carbocycles. The zero-order valence-electron chi connectivity index (χ0n) is 19.7. The molecule has 1 amide bonds. The molecular formula is C26H35N3O3. The first-order chi connectivity index (χ1) is 15.6. The third-order valence-corrected chi connectivity index (χ3v) is 5.93. The van der Waals surface area contributed by atoms with Gasteiger partial charge in [0, 0.05) is 25.1 Å². The second-order valence-electron chi connectivity index (χ2n) is 8.28. The number of para-hydroxylation sites is 2. The number of carbonyl (C=O) groups is 1. The Labute approximate surface area is 190 Å². The van der Waals surface area contributed by atoms with Crippen LogP contribution in [-0.4, -0.2) is 36.2 Å². The van der Waals surface area contributed by atoms with Crippen LogP contribution in [0.2, 0.25) is 0 Å². The summed E-state index contributed by atoms with van der Waals surface area (Å²) in [6, 6.07) is 13.6. The molecule has 0 aliphatic heterocycles. The lowest BCUT2D eigenvalue weighted by Gasteiger charge is -2.14. The van der Waals surface area contributed by atoms with Crippen molar-refractivity contribution in [2.24, 2.45) is 5.92 Å². The molecule has 1 N–H and O–H groups in total. The highest BCUT2D eigenvalue weighted by Gasteiger charge is 2.13. The Hall–Kier alpha value is -3.02. The number of nitrogens with zero attached hydrogens (tertiary/aromatic N) is 2. The Balaban J connectivity index is 1.48. The molecule has 0 spiro atoms. The number of aromatic nitrogens is 2. The molecule has 1 atom stereocenters. The number of rotatable bonds is 12. The smallest absolute Gasteiger partial charge is 0.251 e. The molecule has 2 aromatic carbocycles. The third-order valence-electron chi connectivity index (χ3n) is 5.93. The van der Waals surface area contributed by atoms with E-state index in [1.807, 2.05) is 6.07 Å². The summed E-state index contributed by atoms with van der Waals surface area (Å²) in [5.74, 6) is 2.86. The van der Waals surface area contributed by atoms with Crippen molar-refractivity contribution in [1.29, 1.82) is 0 Å². The van der Waals surface area contributed by atoms with Gasteiger partial charge in [-0.25, -0.2) is 4.98 Å². The van der Waals surface area contributed by atoms with E-state index in [0.717, 1.165) is 44.2 Å². The Morgan fingerprint density at radius 2 is 1.84 bits per heavy atom. The zero-order valence-corrected chi connectivity index (χ0v) is 19.7. The second-order valence-corrected chi connectivity index (χ2v) is 8.28. The highest BCUT2D eigenvalue weighted by atomic mass is 16.5. The molecule has 0 radical (unpaired) electrons. The largest absolute Gasteiger partial charge is 0.493 e. The van der Waals surface area contributed by atoms with Gasteiger partial charge in [-0.05, 0) is 49.1 Å². The van der Waals surface area contributed by atoms with E-state index < -0.39 is 0 Å². The standard InChI is InChI=1S/C26H35N3O3/c1-5-19(2)18-29-22-12-9-8-11-21(22)28-25(29)13-7-6-10-16-27-26(30)20-14-15-23(31-3)24(17-20)32-4/h8-9,11-12,14-15,17,19H,5-7,10,13,16,18H2,1-4H3,(H,27,30). The first-order valence-corrected chi connectivity index (χ1v) is 11.5. The fourth-order valence-electron chi connectivity index (χ4n) is 3.83. The van der Waals surface area contributed by atoms with E-state index in [-0.39, 0.29) is 5.91 Å². The SMILES string of the molecule is CCC(C)Cn1c(CCCCCNC(=O)c2ccc(OC)c(OC)c2)nc2ccccc21. The minimum Gasteiger partial charge on any atom is -0.493 e. The summed E-state index contributed by atoms with van der Waals surface area (Å²) in [6.07, 6.45) is 5.14. The Bertz CT molecular complexity index is 1030. The van der Waals surface area contributed by atoms with Crippen LogP contribution in [-0.2, 0) is 13.0 Å². The van der Waals surface area contributed by atoms with Crippen molar-refractivity contribution < 1.29 is 14.3 Å². The predicted octanol–water partition coefficient (Wildman–Crippen LogP) is 5.24. The van der Waals surface area contributed by atoms with Gasteiger partial charge in [-0.3, -0.25) is 4.79 Å². The number of imidazole rings is 1. The van der Waals surface area contributed by atoms with Crippen LogP contribution in [0, 0.1) is 5.92 Å². The zero-order chi connectivity index (χ0) is 22.9. The van der Waals surface area contributed by atoms with Crippen LogP contribution in [0.25, 0.3) is 11.0 Å². The molecule has 0 fully saturated rings. The maximum Gasteiger partial charge on any atom is 0.251 e. The van der Waals surface area contributed by atoms with Crippen molar-refractivity contribution in [3.8, 4) is 11.5 Å². The summed E-state index contributed by atoms with van der Waals surface area (Å²) >= 11 is 0. The van der Waals surface area contributed by atoms with Crippen LogP contribution < -0.4 is 14.8 Å². The van der Waals surface area contributed by atoms with Crippen LogP contribution >= 0.6 is 0 Å². The van der Waals surface area contributed by atoms with Gasteiger partial charge in [-0.1, -0.05) is 38.8 Å². The topological polar surface area (TPSA) is 65.4 Å². The predicted molar refractivity (Wildman–Crippen MR) is 129 cm³/mol. The number of carbonyl (C=O) groups excluding carboxylic acids is 1. The monoisotopic (exact) mass is 437 g/mol. The van der Waals surface area contributed by atoms with Gasteiger partial charge in [0.05, 0.1) is 25.3 Å². The normalized spacial score (nSPS) is 12.0. The molecule has 0 bridgehead atoms. The Morgan fingerprint density at radius 3 is 2.59 bits per heavy atom. The van der Waals surface area contributed by atoms with E-state index in [9.17, 15) is 4.79 Å². The lowest BCUT2D eigenvalue weighted by atomic mass is 10.1. The number of hydrogen-bond acceptors (Lipinski definition) is 4. The highest BCUT2D eigenvalue weighted by molar-refractivity contribution is 5.94. The summed E-state index contributed by atoms with van der Waals surface area (Å²) in [5, 5.41) is 3.00. The molecule has 1 heterocycles. The molecule has 6 heteroatoms. The lowest BCUT2D eigenvalue weighted by Crippen LogP contribution is -2.24. The molecule has 3 aromatic rings. The maximum atomic E-state index is 12.4. The third kappa shape index (κ3) is 5.81. The molecule has 3 rings (SSSR count). The minimum absolute atomic E-state index is 0.0960. The number of fused-ring (bicyclic) bond motifs is 1. The van der Waals surface area contributed by atoms with E-state index in [4.69, 9.17) is 14.5 Å². The summed E-state index contributed by atoms with van der Waals surface area (Å²) in [5.41, 5.74) is 2.87. The summed E-state index contributed by atoms with van der Waals surface area (Å²) in [7, 11) is 3.15. The van der Waals surface area contributed by atoms with Gasteiger partial charge in [0.2, 0.25) is 0 Å². The molecule has 0 saturated heterocycles. The van der Waals surface area contributed by atoms with Gasteiger partial charge in [0.1, 0.15) is 5.82 Å². The molecule has 6 nitrogen and oxygen atoms in total. The molecular weight excluding hydrogens is 402 g/mol. The molecule has 172 valence electrons. The maximum absolute atomic E-state index is 12.4. The number of hydrogen-bond donors (Lipinski definition) is 1. The number of ether oxygens (including phenoxy) is 2. The van der Waals surface area contributed by atoms with Crippen LogP contribution in [0.3, 0.4) is 0 Å². The number of amides is 1. The Kier molecular flexibility index (Phi) is 8.54. The van der Waals surface area contributed by atoms with E-state index in [0.29, 0.717) is 29.5 Å². The van der Waals surface area contributed by atoms with Crippen LogP contribution in [0.4, 0.5) is 0 Å². The van der Waals surface area contributed by atoms with Crippen molar-refractivity contribution >= 4 is 16.9 Å². The van der Waals surface area contributed by atoms with Crippen molar-refractivity contribution in [1.82, 2.24) is 14.9 Å². The number of unbranched alkanes of at least 4 members (excludes halogenated alkanes) is 2. The van der Waals surface area contributed by atoms with E-state index in [1.54, 1.807) is 32.4 Å². The first kappa shape index (κ1) is 23.6. The number of benzene rings is 2. The quantitative estimate of drug-likeness (QED) is 0.394. The van der Waals surface area contributed by atoms with Crippen molar-refractivity contribution in [3.05, 3.63) is 53.9 Å². The molecule has 32 heavy (non-hydrogen) atoms.